The molecule has 3 fully saturated rings. The summed E-state index contributed by atoms with van der Waals surface area (Å²) in [5, 5.41) is 9.85. The third-order valence-electron chi connectivity index (χ3n) is 8.11. The highest BCUT2D eigenvalue weighted by atomic mass is 16.3. The zero-order valence-corrected chi connectivity index (χ0v) is 14.4. The number of hydrogen-bond acceptors (Lipinski definition) is 3. The largest absolute Gasteiger partial charge is 0.395 e. The van der Waals surface area contributed by atoms with Crippen LogP contribution in [0.5, 0.6) is 0 Å². The van der Waals surface area contributed by atoms with Crippen molar-refractivity contribution < 1.29 is 14.7 Å². The SMILES string of the molecule is C[C@@]12CCC[C@@](C)(C=O)[C@H]1CC[C@@]13CC(=O)[C@@](CO)(CC=C12)C3. The van der Waals surface area contributed by atoms with Gasteiger partial charge in [0, 0.05) is 11.8 Å². The van der Waals surface area contributed by atoms with Crippen molar-refractivity contribution >= 4 is 12.1 Å². The number of carbonyl (C=O) groups excluding carboxylic acids is 2. The van der Waals surface area contributed by atoms with E-state index >= 15 is 0 Å². The van der Waals surface area contributed by atoms with E-state index in [1.165, 1.54) is 11.9 Å². The Hall–Kier alpha value is -0.960. The molecule has 4 aliphatic rings. The van der Waals surface area contributed by atoms with Gasteiger partial charge in [0.15, 0.2) is 0 Å². The molecule has 0 aliphatic heterocycles. The van der Waals surface area contributed by atoms with Crippen molar-refractivity contribution in [1.29, 1.82) is 0 Å². The van der Waals surface area contributed by atoms with E-state index in [1.54, 1.807) is 0 Å². The first-order valence-corrected chi connectivity index (χ1v) is 9.16. The van der Waals surface area contributed by atoms with E-state index in [2.05, 4.69) is 19.9 Å². The van der Waals surface area contributed by atoms with Crippen molar-refractivity contribution in [2.75, 3.05) is 6.61 Å². The number of ketones is 1. The third-order valence-corrected chi connectivity index (χ3v) is 8.11. The molecule has 0 aromatic carbocycles. The molecule has 3 saturated carbocycles. The van der Waals surface area contributed by atoms with E-state index in [1.807, 2.05) is 0 Å². The van der Waals surface area contributed by atoms with Crippen molar-refractivity contribution in [2.24, 2.45) is 27.6 Å². The molecule has 0 saturated heterocycles. The minimum atomic E-state index is -0.505. The monoisotopic (exact) mass is 316 g/mol. The lowest BCUT2D eigenvalue weighted by molar-refractivity contribution is -0.128. The lowest BCUT2D eigenvalue weighted by atomic mass is 9.44. The minimum absolute atomic E-state index is 0.0104. The molecule has 126 valence electrons. The van der Waals surface area contributed by atoms with E-state index in [-0.39, 0.29) is 28.6 Å². The number of rotatable bonds is 2. The van der Waals surface area contributed by atoms with Gasteiger partial charge in [-0.2, -0.15) is 0 Å². The lowest BCUT2D eigenvalue weighted by Crippen LogP contribution is -2.53. The normalized spacial score (nSPS) is 51.7. The lowest BCUT2D eigenvalue weighted by Gasteiger charge is -2.60. The number of allylic oxidation sites excluding steroid dienone is 2. The summed E-state index contributed by atoms with van der Waals surface area (Å²) in [7, 11) is 0. The molecule has 0 unspecified atom stereocenters. The van der Waals surface area contributed by atoms with Crippen LogP contribution in [0.2, 0.25) is 0 Å². The van der Waals surface area contributed by atoms with Crippen LogP contribution in [-0.4, -0.2) is 23.8 Å². The molecule has 1 spiro atoms. The number of hydrogen-bond donors (Lipinski definition) is 1. The number of fused-ring (bicyclic) bond motifs is 3. The molecule has 23 heavy (non-hydrogen) atoms. The van der Waals surface area contributed by atoms with E-state index in [9.17, 15) is 14.7 Å². The smallest absolute Gasteiger partial charge is 0.142 e. The molecule has 4 rings (SSSR count). The van der Waals surface area contributed by atoms with Gasteiger partial charge in [-0.05, 0) is 55.3 Å². The van der Waals surface area contributed by atoms with Gasteiger partial charge in [0.05, 0.1) is 12.0 Å². The highest BCUT2D eigenvalue weighted by Gasteiger charge is 2.65. The molecule has 5 atom stereocenters. The average Bonchev–Trinajstić information content (AvgIpc) is 2.73. The Kier molecular flexibility index (Phi) is 3.09. The summed E-state index contributed by atoms with van der Waals surface area (Å²) in [6.07, 6.45) is 10.9. The Morgan fingerprint density at radius 3 is 2.78 bits per heavy atom. The number of Topliss-reactive ketones (excluding diaryl/α,β-unsaturated/α-hetero) is 1. The molecule has 2 bridgehead atoms. The molecule has 4 aliphatic carbocycles. The first-order valence-electron chi connectivity index (χ1n) is 9.16. The van der Waals surface area contributed by atoms with Gasteiger partial charge in [0.25, 0.3) is 0 Å². The summed E-state index contributed by atoms with van der Waals surface area (Å²) >= 11 is 0. The van der Waals surface area contributed by atoms with Gasteiger partial charge >= 0.3 is 0 Å². The highest BCUT2D eigenvalue weighted by Crippen LogP contribution is 2.70. The van der Waals surface area contributed by atoms with Crippen molar-refractivity contribution in [3.05, 3.63) is 11.6 Å². The Labute approximate surface area is 138 Å². The van der Waals surface area contributed by atoms with Crippen LogP contribution in [0.1, 0.15) is 65.2 Å². The summed E-state index contributed by atoms with van der Waals surface area (Å²) < 4.78 is 0. The maximum atomic E-state index is 12.7. The third kappa shape index (κ3) is 1.75. The summed E-state index contributed by atoms with van der Waals surface area (Å²) in [6.45, 7) is 4.48. The summed E-state index contributed by atoms with van der Waals surface area (Å²) in [4.78, 5) is 24.5. The van der Waals surface area contributed by atoms with Crippen molar-refractivity contribution in [3.8, 4) is 0 Å². The number of aliphatic hydroxyl groups excluding tert-OH is 1. The Bertz CT molecular complexity index is 608. The zero-order chi connectivity index (χ0) is 16.5. The van der Waals surface area contributed by atoms with E-state index in [4.69, 9.17) is 0 Å². The maximum Gasteiger partial charge on any atom is 0.142 e. The predicted molar refractivity (Wildman–Crippen MR) is 87.7 cm³/mol. The van der Waals surface area contributed by atoms with Crippen LogP contribution in [0, 0.1) is 27.6 Å². The van der Waals surface area contributed by atoms with Crippen molar-refractivity contribution in [3.63, 3.8) is 0 Å². The van der Waals surface area contributed by atoms with Crippen LogP contribution in [-0.2, 0) is 9.59 Å². The van der Waals surface area contributed by atoms with Crippen LogP contribution in [0.25, 0.3) is 0 Å². The fourth-order valence-corrected chi connectivity index (χ4v) is 7.00. The summed E-state index contributed by atoms with van der Waals surface area (Å²) in [5.74, 6) is 0.665. The highest BCUT2D eigenvalue weighted by molar-refractivity contribution is 5.90. The Balaban J connectivity index is 1.80. The van der Waals surface area contributed by atoms with Crippen molar-refractivity contribution in [1.82, 2.24) is 0 Å². The fourth-order valence-electron chi connectivity index (χ4n) is 7.00. The quantitative estimate of drug-likeness (QED) is 0.627. The topological polar surface area (TPSA) is 54.4 Å². The van der Waals surface area contributed by atoms with Gasteiger partial charge < -0.3 is 9.90 Å². The second kappa shape index (κ2) is 4.56. The first kappa shape index (κ1) is 15.6. The molecular weight excluding hydrogens is 288 g/mol. The maximum absolute atomic E-state index is 12.7. The molecule has 0 heterocycles. The van der Waals surface area contributed by atoms with Gasteiger partial charge in [-0.3, -0.25) is 4.79 Å². The molecule has 0 aromatic heterocycles. The molecule has 0 amide bonds. The predicted octanol–water partition coefficient (Wildman–Crippen LogP) is 3.45. The van der Waals surface area contributed by atoms with Crippen LogP contribution in [0.3, 0.4) is 0 Å². The van der Waals surface area contributed by atoms with Gasteiger partial charge in [-0.25, -0.2) is 0 Å². The van der Waals surface area contributed by atoms with Crippen LogP contribution in [0.15, 0.2) is 11.6 Å². The second-order valence-electron chi connectivity index (χ2n) is 9.30. The molecule has 3 heteroatoms. The molecular formula is C20H28O3. The number of aldehydes is 1. The first-order chi connectivity index (χ1) is 10.8. The summed E-state index contributed by atoms with van der Waals surface area (Å²) in [5.41, 5.74) is 0.769. The second-order valence-corrected chi connectivity index (χ2v) is 9.30. The van der Waals surface area contributed by atoms with Gasteiger partial charge in [-0.1, -0.05) is 31.9 Å². The molecule has 1 N–H and O–H groups in total. The van der Waals surface area contributed by atoms with Gasteiger partial charge in [-0.15, -0.1) is 0 Å². The van der Waals surface area contributed by atoms with Gasteiger partial charge in [0.1, 0.15) is 12.1 Å². The number of carbonyl (C=O) groups is 2. The van der Waals surface area contributed by atoms with Crippen LogP contribution >= 0.6 is 0 Å². The Morgan fingerprint density at radius 1 is 1.30 bits per heavy atom. The van der Waals surface area contributed by atoms with E-state index < -0.39 is 5.41 Å². The van der Waals surface area contributed by atoms with Crippen molar-refractivity contribution in [2.45, 2.75) is 65.2 Å². The average molecular weight is 316 g/mol. The minimum Gasteiger partial charge on any atom is -0.395 e. The molecule has 0 aromatic rings. The van der Waals surface area contributed by atoms with E-state index in [0.29, 0.717) is 18.8 Å². The molecule has 3 nitrogen and oxygen atoms in total. The Morgan fingerprint density at radius 2 is 2.09 bits per heavy atom. The molecule has 0 radical (unpaired) electrons. The fraction of sp³-hybridized carbons (Fsp3) is 0.800. The number of aliphatic hydroxyl groups is 1. The van der Waals surface area contributed by atoms with Crippen LogP contribution in [0.4, 0.5) is 0 Å². The summed E-state index contributed by atoms with van der Waals surface area (Å²) in [6, 6.07) is 0. The zero-order valence-electron chi connectivity index (χ0n) is 14.4. The van der Waals surface area contributed by atoms with Gasteiger partial charge in [0.2, 0.25) is 0 Å². The van der Waals surface area contributed by atoms with Crippen LogP contribution < -0.4 is 0 Å². The van der Waals surface area contributed by atoms with E-state index in [0.717, 1.165) is 38.5 Å². The standard InChI is InChI=1S/C20H28O3/c1-17(12-21)6-3-7-18(2)14(17)4-8-19-10-16(23)20(11-19,13-22)9-5-15(18)19/h5,12,14,22H,3-4,6-11,13H2,1-2H3/t14-,17+,18-,19+,20+/m1/s1.